The molecule has 15 heavy (non-hydrogen) atoms. The van der Waals surface area contributed by atoms with Gasteiger partial charge in [-0.25, -0.2) is 0 Å². The Morgan fingerprint density at radius 1 is 1.60 bits per heavy atom. The Labute approximate surface area is 91.1 Å². The fourth-order valence-corrected chi connectivity index (χ4v) is 1.20. The van der Waals surface area contributed by atoms with Crippen LogP contribution in [-0.2, 0) is 17.9 Å². The van der Waals surface area contributed by atoms with Crippen LogP contribution in [0.25, 0.3) is 0 Å². The van der Waals surface area contributed by atoms with E-state index < -0.39 is 0 Å². The maximum atomic E-state index is 5.34. The zero-order chi connectivity index (χ0) is 11.1. The minimum atomic E-state index is 0.474. The molecule has 3 heteroatoms. The van der Waals surface area contributed by atoms with Crippen LogP contribution in [0.5, 0.6) is 0 Å². The van der Waals surface area contributed by atoms with Crippen LogP contribution in [0.3, 0.4) is 0 Å². The summed E-state index contributed by atoms with van der Waals surface area (Å²) >= 11 is 0. The lowest BCUT2D eigenvalue weighted by atomic mass is 10.2. The highest BCUT2D eigenvalue weighted by Gasteiger charge is 2.06. The summed E-state index contributed by atoms with van der Waals surface area (Å²) in [4.78, 5) is 0. The van der Waals surface area contributed by atoms with Crippen LogP contribution in [0.2, 0.25) is 0 Å². The molecule has 84 valence electrons. The Morgan fingerprint density at radius 3 is 3.07 bits per heavy atom. The van der Waals surface area contributed by atoms with Crippen LogP contribution in [0, 0.1) is 0 Å². The standard InChI is InChI=1S/C12H19NO2/c1-4-6-14-9-12-11(5-7-15-12)8-13-10(2)3/h4-5,7,10,13H,1,6,8-9H2,2-3H3. The summed E-state index contributed by atoms with van der Waals surface area (Å²) in [6, 6.07) is 2.45. The quantitative estimate of drug-likeness (QED) is 0.553. The van der Waals surface area contributed by atoms with Gasteiger partial charge in [0, 0.05) is 18.2 Å². The van der Waals surface area contributed by atoms with Gasteiger partial charge in [-0.15, -0.1) is 6.58 Å². The van der Waals surface area contributed by atoms with Gasteiger partial charge in [0.2, 0.25) is 0 Å². The fraction of sp³-hybridized carbons (Fsp3) is 0.500. The molecule has 1 aromatic rings. The van der Waals surface area contributed by atoms with E-state index in [0.717, 1.165) is 17.9 Å². The zero-order valence-electron chi connectivity index (χ0n) is 9.45. The zero-order valence-corrected chi connectivity index (χ0v) is 9.45. The van der Waals surface area contributed by atoms with E-state index in [1.54, 1.807) is 12.3 Å². The maximum Gasteiger partial charge on any atom is 0.133 e. The summed E-state index contributed by atoms with van der Waals surface area (Å²) in [5.74, 6) is 0.894. The average molecular weight is 209 g/mol. The van der Waals surface area contributed by atoms with E-state index in [0.29, 0.717) is 19.3 Å². The normalized spacial score (nSPS) is 10.9. The Morgan fingerprint density at radius 2 is 2.40 bits per heavy atom. The third kappa shape index (κ3) is 4.32. The summed E-state index contributed by atoms with van der Waals surface area (Å²) in [5, 5.41) is 3.34. The van der Waals surface area contributed by atoms with Crippen molar-refractivity contribution in [1.82, 2.24) is 5.32 Å². The van der Waals surface area contributed by atoms with Crippen molar-refractivity contribution in [2.24, 2.45) is 0 Å². The lowest BCUT2D eigenvalue weighted by Gasteiger charge is -2.07. The second-order valence-corrected chi connectivity index (χ2v) is 3.71. The van der Waals surface area contributed by atoms with Crippen LogP contribution >= 0.6 is 0 Å². The van der Waals surface area contributed by atoms with E-state index in [1.165, 1.54) is 0 Å². The van der Waals surface area contributed by atoms with Crippen molar-refractivity contribution in [3.05, 3.63) is 36.3 Å². The third-order valence-corrected chi connectivity index (χ3v) is 2.01. The maximum absolute atomic E-state index is 5.34. The lowest BCUT2D eigenvalue weighted by Crippen LogP contribution is -2.22. The number of hydrogen-bond acceptors (Lipinski definition) is 3. The monoisotopic (exact) mass is 209 g/mol. The lowest BCUT2D eigenvalue weighted by molar-refractivity contribution is 0.130. The molecular formula is C12H19NO2. The number of ether oxygens (including phenoxy) is 1. The molecule has 3 nitrogen and oxygen atoms in total. The van der Waals surface area contributed by atoms with E-state index in [-0.39, 0.29) is 0 Å². The van der Waals surface area contributed by atoms with E-state index in [9.17, 15) is 0 Å². The second kappa shape index (κ2) is 6.43. The van der Waals surface area contributed by atoms with E-state index in [2.05, 4.69) is 25.7 Å². The van der Waals surface area contributed by atoms with Gasteiger partial charge in [-0.2, -0.15) is 0 Å². The summed E-state index contributed by atoms with van der Waals surface area (Å²) in [7, 11) is 0. The molecule has 0 radical (unpaired) electrons. The summed E-state index contributed by atoms with van der Waals surface area (Å²) in [5.41, 5.74) is 1.16. The van der Waals surface area contributed by atoms with Crippen molar-refractivity contribution >= 4 is 0 Å². The van der Waals surface area contributed by atoms with Crippen molar-refractivity contribution in [3.63, 3.8) is 0 Å². The molecule has 1 N–H and O–H groups in total. The van der Waals surface area contributed by atoms with Gasteiger partial charge in [0.05, 0.1) is 12.9 Å². The molecule has 0 atom stereocenters. The van der Waals surface area contributed by atoms with Gasteiger partial charge in [-0.05, 0) is 6.07 Å². The van der Waals surface area contributed by atoms with Crippen LogP contribution in [0.1, 0.15) is 25.2 Å². The molecule has 0 aromatic carbocycles. The smallest absolute Gasteiger partial charge is 0.133 e. The second-order valence-electron chi connectivity index (χ2n) is 3.71. The highest BCUT2D eigenvalue weighted by Crippen LogP contribution is 2.11. The van der Waals surface area contributed by atoms with Gasteiger partial charge in [0.1, 0.15) is 12.4 Å². The summed E-state index contributed by atoms with van der Waals surface area (Å²) in [6.45, 7) is 9.71. The molecule has 1 aromatic heterocycles. The van der Waals surface area contributed by atoms with E-state index >= 15 is 0 Å². The van der Waals surface area contributed by atoms with Crippen molar-refractivity contribution < 1.29 is 9.15 Å². The van der Waals surface area contributed by atoms with Crippen molar-refractivity contribution in [2.45, 2.75) is 33.0 Å². The first-order valence-electron chi connectivity index (χ1n) is 5.21. The number of furan rings is 1. The molecule has 1 heterocycles. The van der Waals surface area contributed by atoms with Gasteiger partial charge >= 0.3 is 0 Å². The van der Waals surface area contributed by atoms with Gasteiger partial charge in [0.25, 0.3) is 0 Å². The minimum absolute atomic E-state index is 0.474. The Kier molecular flexibility index (Phi) is 5.15. The van der Waals surface area contributed by atoms with Crippen LogP contribution in [-0.4, -0.2) is 12.6 Å². The third-order valence-electron chi connectivity index (χ3n) is 2.01. The van der Waals surface area contributed by atoms with Gasteiger partial charge in [0.15, 0.2) is 0 Å². The average Bonchev–Trinajstić information content (AvgIpc) is 2.63. The van der Waals surface area contributed by atoms with Crippen LogP contribution in [0.15, 0.2) is 29.4 Å². The SMILES string of the molecule is C=CCOCc1occc1CNC(C)C. The Hall–Kier alpha value is -1.06. The molecular weight excluding hydrogens is 190 g/mol. The first-order chi connectivity index (χ1) is 7.24. The highest BCUT2D eigenvalue weighted by atomic mass is 16.5. The molecule has 0 amide bonds. The van der Waals surface area contributed by atoms with Crippen LogP contribution < -0.4 is 5.32 Å². The summed E-state index contributed by atoms with van der Waals surface area (Å²) < 4.78 is 10.7. The van der Waals surface area contributed by atoms with Crippen molar-refractivity contribution in [3.8, 4) is 0 Å². The topological polar surface area (TPSA) is 34.4 Å². The van der Waals surface area contributed by atoms with Crippen molar-refractivity contribution in [1.29, 1.82) is 0 Å². The number of hydrogen-bond donors (Lipinski definition) is 1. The Bertz CT molecular complexity index is 292. The first-order valence-corrected chi connectivity index (χ1v) is 5.21. The largest absolute Gasteiger partial charge is 0.467 e. The van der Waals surface area contributed by atoms with E-state index in [1.807, 2.05) is 6.07 Å². The molecule has 0 aliphatic rings. The molecule has 0 aliphatic carbocycles. The predicted molar refractivity (Wildman–Crippen MR) is 60.5 cm³/mol. The predicted octanol–water partition coefficient (Wildman–Crippen LogP) is 2.48. The number of rotatable bonds is 7. The molecule has 0 saturated heterocycles. The summed E-state index contributed by atoms with van der Waals surface area (Å²) in [6.07, 6.45) is 3.43. The van der Waals surface area contributed by atoms with Gasteiger partial charge in [-0.3, -0.25) is 0 Å². The van der Waals surface area contributed by atoms with E-state index in [4.69, 9.17) is 9.15 Å². The first kappa shape index (κ1) is 12.0. The Balaban J connectivity index is 2.42. The minimum Gasteiger partial charge on any atom is -0.467 e. The molecule has 0 saturated carbocycles. The highest BCUT2D eigenvalue weighted by molar-refractivity contribution is 5.16. The molecule has 1 rings (SSSR count). The molecule has 0 aliphatic heterocycles. The van der Waals surface area contributed by atoms with Gasteiger partial charge in [-0.1, -0.05) is 19.9 Å². The van der Waals surface area contributed by atoms with Crippen molar-refractivity contribution in [2.75, 3.05) is 6.61 Å². The number of nitrogens with one attached hydrogen (secondary N) is 1. The molecule has 0 bridgehead atoms. The molecule has 0 spiro atoms. The fourth-order valence-electron chi connectivity index (χ4n) is 1.20. The molecule has 0 unspecified atom stereocenters. The van der Waals surface area contributed by atoms with Gasteiger partial charge < -0.3 is 14.5 Å². The van der Waals surface area contributed by atoms with Crippen LogP contribution in [0.4, 0.5) is 0 Å². The molecule has 0 fully saturated rings.